The van der Waals surface area contributed by atoms with Gasteiger partial charge >= 0.3 is 0 Å². The highest BCUT2D eigenvalue weighted by Crippen LogP contribution is 2.05. The van der Waals surface area contributed by atoms with Crippen molar-refractivity contribution in [2.75, 3.05) is 26.2 Å². The highest BCUT2D eigenvalue weighted by atomic mass is 16.1. The van der Waals surface area contributed by atoms with Crippen molar-refractivity contribution in [3.63, 3.8) is 0 Å². The summed E-state index contributed by atoms with van der Waals surface area (Å²) in [7, 11) is 0. The molecular weight excluding hydrogens is 152 g/mol. The Kier molecular flexibility index (Phi) is 3.29. The fourth-order valence-electron chi connectivity index (χ4n) is 1.32. The van der Waals surface area contributed by atoms with E-state index in [4.69, 9.17) is 0 Å². The average molecular weight is 168 g/mol. The summed E-state index contributed by atoms with van der Waals surface area (Å²) in [6, 6.07) is 0. The van der Waals surface area contributed by atoms with E-state index in [2.05, 4.69) is 16.8 Å². The van der Waals surface area contributed by atoms with Gasteiger partial charge in [-0.05, 0) is 0 Å². The van der Waals surface area contributed by atoms with E-state index < -0.39 is 0 Å². The summed E-state index contributed by atoms with van der Waals surface area (Å²) in [6.07, 6.45) is 0.558. The zero-order valence-corrected chi connectivity index (χ0v) is 7.60. The molecule has 0 bridgehead atoms. The van der Waals surface area contributed by atoms with E-state index in [0.29, 0.717) is 12.1 Å². The van der Waals surface area contributed by atoms with Crippen LogP contribution in [0.3, 0.4) is 0 Å². The van der Waals surface area contributed by atoms with Crippen molar-refractivity contribution in [2.24, 2.45) is 0 Å². The summed E-state index contributed by atoms with van der Waals surface area (Å²) >= 11 is 0. The van der Waals surface area contributed by atoms with Gasteiger partial charge in [0.1, 0.15) is 0 Å². The minimum Gasteiger partial charge on any atom is -0.367 e. The number of carbonyl (C=O) groups is 1. The summed E-state index contributed by atoms with van der Waals surface area (Å²) < 4.78 is 0. The number of nitrogens with one attached hydrogen (secondary N) is 1. The standard InChI is InChI=1S/C9H16N2O/c1-3-9(12)8(2)11-6-4-10-5-7-11/h10H,2-7H2,1H3. The number of allylic oxidation sites excluding steroid dienone is 1. The lowest BCUT2D eigenvalue weighted by molar-refractivity contribution is -0.116. The fraction of sp³-hybridized carbons (Fsp3) is 0.667. The topological polar surface area (TPSA) is 32.3 Å². The molecular formula is C9H16N2O. The van der Waals surface area contributed by atoms with Gasteiger partial charge < -0.3 is 10.2 Å². The Balaban J connectivity index is 2.45. The third-order valence-corrected chi connectivity index (χ3v) is 2.14. The number of hydrogen-bond donors (Lipinski definition) is 1. The first-order valence-electron chi connectivity index (χ1n) is 4.43. The summed E-state index contributed by atoms with van der Waals surface area (Å²) in [5, 5.41) is 3.23. The van der Waals surface area contributed by atoms with E-state index in [1.54, 1.807) is 0 Å². The van der Waals surface area contributed by atoms with Crippen LogP contribution in [0.2, 0.25) is 0 Å². The monoisotopic (exact) mass is 168 g/mol. The van der Waals surface area contributed by atoms with Gasteiger partial charge in [-0.25, -0.2) is 0 Å². The maximum absolute atomic E-state index is 11.2. The van der Waals surface area contributed by atoms with E-state index in [0.717, 1.165) is 26.2 Å². The van der Waals surface area contributed by atoms with E-state index in [1.165, 1.54) is 0 Å². The lowest BCUT2D eigenvalue weighted by atomic mass is 10.2. The van der Waals surface area contributed by atoms with Crippen molar-refractivity contribution in [3.05, 3.63) is 12.3 Å². The first kappa shape index (κ1) is 9.26. The largest absolute Gasteiger partial charge is 0.367 e. The number of ketones is 1. The van der Waals surface area contributed by atoms with Gasteiger partial charge in [0.05, 0.1) is 5.70 Å². The molecule has 0 spiro atoms. The van der Waals surface area contributed by atoms with Crippen LogP contribution in [0, 0.1) is 0 Å². The van der Waals surface area contributed by atoms with Gasteiger partial charge in [0, 0.05) is 32.6 Å². The Labute approximate surface area is 73.4 Å². The molecule has 1 aliphatic rings. The Morgan fingerprint density at radius 3 is 2.58 bits per heavy atom. The van der Waals surface area contributed by atoms with Crippen LogP contribution in [0.5, 0.6) is 0 Å². The third kappa shape index (κ3) is 2.08. The van der Waals surface area contributed by atoms with Gasteiger partial charge in [0.2, 0.25) is 0 Å². The molecule has 1 rings (SSSR count). The number of Topliss-reactive ketones (excluding diaryl/α,β-unsaturated/α-hetero) is 1. The van der Waals surface area contributed by atoms with Crippen molar-refractivity contribution in [1.29, 1.82) is 0 Å². The van der Waals surface area contributed by atoms with Gasteiger partial charge in [-0.1, -0.05) is 13.5 Å². The van der Waals surface area contributed by atoms with Crippen molar-refractivity contribution in [1.82, 2.24) is 10.2 Å². The molecule has 12 heavy (non-hydrogen) atoms. The van der Waals surface area contributed by atoms with Crippen LogP contribution in [-0.4, -0.2) is 36.9 Å². The molecule has 0 saturated carbocycles. The Morgan fingerprint density at radius 1 is 1.50 bits per heavy atom. The maximum Gasteiger partial charge on any atom is 0.177 e. The van der Waals surface area contributed by atoms with Crippen LogP contribution in [0.4, 0.5) is 0 Å². The Morgan fingerprint density at radius 2 is 2.08 bits per heavy atom. The van der Waals surface area contributed by atoms with Crippen LogP contribution in [0.25, 0.3) is 0 Å². The molecule has 3 heteroatoms. The second-order valence-electron chi connectivity index (χ2n) is 2.96. The van der Waals surface area contributed by atoms with Crippen LogP contribution in [0.15, 0.2) is 12.3 Å². The molecule has 1 aliphatic heterocycles. The summed E-state index contributed by atoms with van der Waals surface area (Å²) in [6.45, 7) is 9.39. The molecule has 0 amide bonds. The van der Waals surface area contributed by atoms with Crippen LogP contribution < -0.4 is 5.32 Å². The lowest BCUT2D eigenvalue weighted by Gasteiger charge is -2.29. The van der Waals surface area contributed by atoms with Gasteiger partial charge in [-0.3, -0.25) is 4.79 Å². The van der Waals surface area contributed by atoms with Crippen molar-refractivity contribution in [2.45, 2.75) is 13.3 Å². The molecule has 3 nitrogen and oxygen atoms in total. The van der Waals surface area contributed by atoms with Gasteiger partial charge in [0.15, 0.2) is 5.78 Å². The number of hydrogen-bond acceptors (Lipinski definition) is 3. The van der Waals surface area contributed by atoms with E-state index in [1.807, 2.05) is 6.92 Å². The summed E-state index contributed by atoms with van der Waals surface area (Å²) in [4.78, 5) is 13.3. The highest BCUT2D eigenvalue weighted by Gasteiger charge is 2.15. The first-order chi connectivity index (χ1) is 5.75. The minimum atomic E-state index is 0.164. The molecule has 0 aliphatic carbocycles. The first-order valence-corrected chi connectivity index (χ1v) is 4.43. The predicted octanol–water partition coefficient (Wildman–Crippen LogP) is 0.384. The Hall–Kier alpha value is -0.830. The van der Waals surface area contributed by atoms with E-state index in [9.17, 15) is 4.79 Å². The third-order valence-electron chi connectivity index (χ3n) is 2.14. The number of nitrogens with zero attached hydrogens (tertiary/aromatic N) is 1. The summed E-state index contributed by atoms with van der Waals surface area (Å²) in [5.74, 6) is 0.164. The molecule has 1 N–H and O–H groups in total. The minimum absolute atomic E-state index is 0.164. The SMILES string of the molecule is C=C(C(=O)CC)N1CCNCC1. The second-order valence-corrected chi connectivity index (χ2v) is 2.96. The van der Waals surface area contributed by atoms with Crippen LogP contribution in [-0.2, 0) is 4.79 Å². The van der Waals surface area contributed by atoms with Gasteiger partial charge in [-0.15, -0.1) is 0 Å². The molecule has 0 unspecified atom stereocenters. The molecule has 0 aromatic rings. The quantitative estimate of drug-likeness (QED) is 0.618. The summed E-state index contributed by atoms with van der Waals surface area (Å²) in [5.41, 5.74) is 0.680. The molecule has 68 valence electrons. The van der Waals surface area contributed by atoms with Gasteiger partial charge in [0.25, 0.3) is 0 Å². The van der Waals surface area contributed by atoms with Crippen molar-refractivity contribution < 1.29 is 4.79 Å². The highest BCUT2D eigenvalue weighted by molar-refractivity contribution is 5.93. The molecule has 1 fully saturated rings. The predicted molar refractivity (Wildman–Crippen MR) is 48.9 cm³/mol. The molecule has 0 atom stereocenters. The molecule has 0 aromatic heterocycles. The zero-order valence-electron chi connectivity index (χ0n) is 7.60. The number of carbonyl (C=O) groups excluding carboxylic acids is 1. The fourth-order valence-corrected chi connectivity index (χ4v) is 1.32. The van der Waals surface area contributed by atoms with E-state index >= 15 is 0 Å². The molecule has 1 heterocycles. The van der Waals surface area contributed by atoms with Crippen molar-refractivity contribution in [3.8, 4) is 0 Å². The molecule has 1 saturated heterocycles. The maximum atomic E-state index is 11.2. The normalized spacial score (nSPS) is 17.6. The smallest absolute Gasteiger partial charge is 0.177 e. The van der Waals surface area contributed by atoms with Crippen LogP contribution >= 0.6 is 0 Å². The number of rotatable bonds is 3. The van der Waals surface area contributed by atoms with Crippen molar-refractivity contribution >= 4 is 5.78 Å². The van der Waals surface area contributed by atoms with Crippen LogP contribution in [0.1, 0.15) is 13.3 Å². The average Bonchev–Trinajstić information content (AvgIpc) is 2.17. The number of piperazine rings is 1. The van der Waals surface area contributed by atoms with E-state index in [-0.39, 0.29) is 5.78 Å². The second kappa shape index (κ2) is 4.26. The molecule has 0 aromatic carbocycles. The molecule has 0 radical (unpaired) electrons. The zero-order chi connectivity index (χ0) is 8.97. The lowest BCUT2D eigenvalue weighted by Crippen LogP contribution is -2.43. The van der Waals surface area contributed by atoms with Gasteiger partial charge in [-0.2, -0.15) is 0 Å². The Bertz CT molecular complexity index is 183.